The van der Waals surface area contributed by atoms with Gasteiger partial charge in [-0.05, 0) is 44.0 Å². The number of benzene rings is 1. The second kappa shape index (κ2) is 5.90. The Kier molecular flexibility index (Phi) is 4.24. The van der Waals surface area contributed by atoms with Crippen LogP contribution >= 0.6 is 11.6 Å². The first kappa shape index (κ1) is 12.2. The lowest BCUT2D eigenvalue weighted by Gasteiger charge is -2.22. The number of hydrogen-bond donors (Lipinski definition) is 1. The summed E-state index contributed by atoms with van der Waals surface area (Å²) in [7, 11) is 0. The molecular weight excluding hydrogens is 236 g/mol. The molecule has 0 spiro atoms. The summed E-state index contributed by atoms with van der Waals surface area (Å²) in [5.41, 5.74) is 0.545. The lowest BCUT2D eigenvalue weighted by molar-refractivity contribution is 0.215. The third-order valence-corrected chi connectivity index (χ3v) is 3.23. The molecule has 17 heavy (non-hydrogen) atoms. The van der Waals surface area contributed by atoms with E-state index in [2.05, 4.69) is 11.4 Å². The van der Waals surface area contributed by atoms with Gasteiger partial charge < -0.3 is 10.1 Å². The monoisotopic (exact) mass is 250 g/mol. The van der Waals surface area contributed by atoms with E-state index in [1.54, 1.807) is 18.2 Å². The molecule has 1 aliphatic heterocycles. The summed E-state index contributed by atoms with van der Waals surface area (Å²) in [6.45, 7) is 2.76. The Hall–Kier alpha value is -1.24. The zero-order chi connectivity index (χ0) is 12.1. The van der Waals surface area contributed by atoms with Crippen molar-refractivity contribution in [2.24, 2.45) is 5.92 Å². The van der Waals surface area contributed by atoms with Crippen LogP contribution in [-0.2, 0) is 0 Å². The lowest BCUT2D eigenvalue weighted by atomic mass is 9.99. The zero-order valence-corrected chi connectivity index (χ0v) is 10.3. The van der Waals surface area contributed by atoms with Crippen molar-refractivity contribution in [3.05, 3.63) is 28.8 Å². The molecule has 0 aliphatic carbocycles. The Morgan fingerprint density at radius 1 is 1.41 bits per heavy atom. The number of piperidine rings is 1. The maximum absolute atomic E-state index is 8.96. The Bertz CT molecular complexity index is 422. The van der Waals surface area contributed by atoms with E-state index in [-0.39, 0.29) is 0 Å². The van der Waals surface area contributed by atoms with Crippen LogP contribution in [0.5, 0.6) is 5.75 Å². The number of nitrogens with zero attached hydrogens (tertiary/aromatic N) is 1. The van der Waals surface area contributed by atoms with E-state index in [1.807, 2.05) is 0 Å². The molecule has 0 radical (unpaired) electrons. The quantitative estimate of drug-likeness (QED) is 0.897. The van der Waals surface area contributed by atoms with Crippen molar-refractivity contribution in [3.8, 4) is 11.8 Å². The highest BCUT2D eigenvalue weighted by Gasteiger charge is 2.14. The standard InChI is InChI=1S/C13H15ClN2O/c14-12-2-1-11(8-15)13(7-12)17-9-10-3-5-16-6-4-10/h1-2,7,10,16H,3-6,9H2. The van der Waals surface area contributed by atoms with Crippen LogP contribution in [0.1, 0.15) is 18.4 Å². The molecule has 1 aliphatic rings. The average Bonchev–Trinajstić information content (AvgIpc) is 2.38. The van der Waals surface area contributed by atoms with Crippen molar-refractivity contribution in [1.29, 1.82) is 5.26 Å². The van der Waals surface area contributed by atoms with Gasteiger partial charge in [0, 0.05) is 11.1 Å². The lowest BCUT2D eigenvalue weighted by Crippen LogP contribution is -2.30. The van der Waals surface area contributed by atoms with Crippen molar-refractivity contribution in [1.82, 2.24) is 5.32 Å². The van der Waals surface area contributed by atoms with Gasteiger partial charge in [-0.25, -0.2) is 0 Å². The van der Waals surface area contributed by atoms with Gasteiger partial charge >= 0.3 is 0 Å². The third-order valence-electron chi connectivity index (χ3n) is 3.00. The molecule has 2 rings (SSSR count). The number of nitrogens with one attached hydrogen (secondary N) is 1. The van der Waals surface area contributed by atoms with Crippen LogP contribution in [0.15, 0.2) is 18.2 Å². The molecule has 1 N–H and O–H groups in total. The fourth-order valence-corrected chi connectivity index (χ4v) is 2.13. The summed E-state index contributed by atoms with van der Waals surface area (Å²) in [6.07, 6.45) is 2.25. The summed E-state index contributed by atoms with van der Waals surface area (Å²) in [5.74, 6) is 1.17. The number of nitriles is 1. The fraction of sp³-hybridized carbons (Fsp3) is 0.462. The van der Waals surface area contributed by atoms with Gasteiger partial charge in [0.2, 0.25) is 0 Å². The number of ether oxygens (including phenoxy) is 1. The molecule has 1 aromatic rings. The molecule has 1 fully saturated rings. The normalized spacial score (nSPS) is 16.5. The van der Waals surface area contributed by atoms with E-state index in [4.69, 9.17) is 21.6 Å². The first-order valence-corrected chi connectivity index (χ1v) is 6.20. The van der Waals surface area contributed by atoms with Gasteiger partial charge in [-0.2, -0.15) is 5.26 Å². The summed E-state index contributed by atoms with van der Waals surface area (Å²) in [4.78, 5) is 0. The fourth-order valence-electron chi connectivity index (χ4n) is 1.96. The minimum absolute atomic E-state index is 0.545. The van der Waals surface area contributed by atoms with Gasteiger partial charge in [0.15, 0.2) is 0 Å². The number of hydrogen-bond acceptors (Lipinski definition) is 3. The van der Waals surface area contributed by atoms with Crippen LogP contribution in [-0.4, -0.2) is 19.7 Å². The molecule has 0 atom stereocenters. The molecule has 1 aromatic carbocycles. The van der Waals surface area contributed by atoms with Crippen LogP contribution in [0.4, 0.5) is 0 Å². The predicted octanol–water partition coefficient (Wildman–Crippen LogP) is 2.59. The highest BCUT2D eigenvalue weighted by molar-refractivity contribution is 6.30. The largest absolute Gasteiger partial charge is 0.492 e. The molecule has 0 amide bonds. The maximum atomic E-state index is 8.96. The van der Waals surface area contributed by atoms with Crippen LogP contribution in [0.25, 0.3) is 0 Å². The van der Waals surface area contributed by atoms with Gasteiger partial charge in [0.1, 0.15) is 11.8 Å². The second-order valence-corrected chi connectivity index (χ2v) is 4.69. The van der Waals surface area contributed by atoms with Gasteiger partial charge in [0.05, 0.1) is 12.2 Å². The summed E-state index contributed by atoms with van der Waals surface area (Å²) in [5, 5.41) is 12.9. The van der Waals surface area contributed by atoms with Crippen molar-refractivity contribution < 1.29 is 4.74 Å². The van der Waals surface area contributed by atoms with Gasteiger partial charge in [0.25, 0.3) is 0 Å². The predicted molar refractivity (Wildman–Crippen MR) is 67.3 cm³/mol. The van der Waals surface area contributed by atoms with Crippen LogP contribution in [0.2, 0.25) is 5.02 Å². The third kappa shape index (κ3) is 3.36. The summed E-state index contributed by atoms with van der Waals surface area (Å²) < 4.78 is 5.71. The smallest absolute Gasteiger partial charge is 0.138 e. The second-order valence-electron chi connectivity index (χ2n) is 4.26. The van der Waals surface area contributed by atoms with Crippen molar-refractivity contribution in [3.63, 3.8) is 0 Å². The number of rotatable bonds is 3. The van der Waals surface area contributed by atoms with Gasteiger partial charge in [-0.3, -0.25) is 0 Å². The van der Waals surface area contributed by atoms with Gasteiger partial charge in [-0.15, -0.1) is 0 Å². The molecule has 3 nitrogen and oxygen atoms in total. The van der Waals surface area contributed by atoms with E-state index in [0.717, 1.165) is 25.9 Å². The molecule has 1 saturated heterocycles. The van der Waals surface area contributed by atoms with E-state index < -0.39 is 0 Å². The van der Waals surface area contributed by atoms with Crippen LogP contribution in [0, 0.1) is 17.2 Å². The highest BCUT2D eigenvalue weighted by Crippen LogP contribution is 2.24. The van der Waals surface area contributed by atoms with Crippen LogP contribution in [0.3, 0.4) is 0 Å². The van der Waals surface area contributed by atoms with E-state index in [1.165, 1.54) is 0 Å². The molecule has 0 saturated carbocycles. The molecule has 90 valence electrons. The van der Waals surface area contributed by atoms with Gasteiger partial charge in [-0.1, -0.05) is 11.6 Å². The summed E-state index contributed by atoms with van der Waals surface area (Å²) >= 11 is 5.90. The minimum Gasteiger partial charge on any atom is -0.492 e. The zero-order valence-electron chi connectivity index (χ0n) is 9.58. The molecule has 0 aromatic heterocycles. The Morgan fingerprint density at radius 2 is 2.18 bits per heavy atom. The average molecular weight is 251 g/mol. The van der Waals surface area contributed by atoms with E-state index in [9.17, 15) is 0 Å². The SMILES string of the molecule is N#Cc1ccc(Cl)cc1OCC1CCNCC1. The topological polar surface area (TPSA) is 45.0 Å². The highest BCUT2D eigenvalue weighted by atomic mass is 35.5. The Balaban J connectivity index is 1.98. The first-order valence-electron chi connectivity index (χ1n) is 5.83. The minimum atomic E-state index is 0.545. The van der Waals surface area contributed by atoms with E-state index >= 15 is 0 Å². The van der Waals surface area contributed by atoms with Crippen molar-refractivity contribution >= 4 is 11.6 Å². The van der Waals surface area contributed by atoms with Crippen LogP contribution < -0.4 is 10.1 Å². The maximum Gasteiger partial charge on any atom is 0.138 e. The molecule has 0 bridgehead atoms. The van der Waals surface area contributed by atoms with E-state index in [0.29, 0.717) is 28.9 Å². The number of halogens is 1. The Labute approximate surface area is 106 Å². The first-order chi connectivity index (χ1) is 8.29. The molecule has 0 unspecified atom stereocenters. The molecule has 4 heteroatoms. The Morgan fingerprint density at radius 3 is 2.88 bits per heavy atom. The summed E-state index contributed by atoms with van der Waals surface area (Å²) in [6, 6.07) is 7.22. The van der Waals surface area contributed by atoms with Crippen molar-refractivity contribution in [2.45, 2.75) is 12.8 Å². The molecular formula is C13H15ClN2O. The molecule has 1 heterocycles. The van der Waals surface area contributed by atoms with Crippen molar-refractivity contribution in [2.75, 3.05) is 19.7 Å².